The van der Waals surface area contributed by atoms with Crippen LogP contribution in [-0.4, -0.2) is 25.2 Å². The molecular weight excluding hydrogens is 424 g/mol. The molecule has 0 atom stereocenters. The Morgan fingerprint density at radius 1 is 0.588 bits per heavy atom. The Morgan fingerprint density at radius 3 is 1.24 bits per heavy atom. The summed E-state index contributed by atoms with van der Waals surface area (Å²) in [4.78, 5) is 22.1. The second kappa shape index (κ2) is 26.0. The van der Waals surface area contributed by atoms with Gasteiger partial charge >= 0.3 is 11.9 Å². The van der Waals surface area contributed by atoms with Crippen LogP contribution in [0.5, 0.6) is 0 Å². The average molecular weight is 481 g/mol. The van der Waals surface area contributed by atoms with E-state index >= 15 is 0 Å². The van der Waals surface area contributed by atoms with E-state index in [0.717, 1.165) is 25.2 Å². The van der Waals surface area contributed by atoms with Gasteiger partial charge in [0.1, 0.15) is 0 Å². The molecule has 0 radical (unpaired) electrons. The molecule has 34 heavy (non-hydrogen) atoms. The second-order valence-electron chi connectivity index (χ2n) is 9.96. The van der Waals surface area contributed by atoms with E-state index in [-0.39, 0.29) is 11.9 Å². The molecule has 0 aliphatic carbocycles. The summed E-state index contributed by atoms with van der Waals surface area (Å²) in [5.74, 6) is 0.294. The number of carbonyl (C=O) groups is 2. The molecule has 0 fully saturated rings. The summed E-state index contributed by atoms with van der Waals surface area (Å²) < 4.78 is 10.0. The van der Waals surface area contributed by atoms with Gasteiger partial charge in [0.2, 0.25) is 0 Å². The highest BCUT2D eigenvalue weighted by atomic mass is 16.5. The molecule has 0 heterocycles. The van der Waals surface area contributed by atoms with Crippen LogP contribution >= 0.6 is 0 Å². The van der Waals surface area contributed by atoms with Crippen molar-refractivity contribution < 1.29 is 19.1 Å². The van der Waals surface area contributed by atoms with E-state index in [4.69, 9.17) is 9.47 Å². The fourth-order valence-electron chi connectivity index (χ4n) is 3.35. The van der Waals surface area contributed by atoms with Crippen molar-refractivity contribution in [3.05, 3.63) is 24.3 Å². The Kier molecular flexibility index (Phi) is 26.5. The fourth-order valence-corrected chi connectivity index (χ4v) is 3.35. The second-order valence-corrected chi connectivity index (χ2v) is 9.96. The van der Waals surface area contributed by atoms with Crippen molar-refractivity contribution in [1.82, 2.24) is 0 Å². The number of hydrogen-bond donors (Lipinski definition) is 0. The van der Waals surface area contributed by atoms with Crippen molar-refractivity contribution in [3.8, 4) is 0 Å². The fraction of sp³-hybridized carbons (Fsp3) is 0.800. The molecule has 200 valence electrons. The third-order valence-electron chi connectivity index (χ3n) is 5.59. The summed E-state index contributed by atoms with van der Waals surface area (Å²) in [6.45, 7) is 18.3. The van der Waals surface area contributed by atoms with Crippen LogP contribution in [0.2, 0.25) is 0 Å². The molecular formula is C30H56O4. The van der Waals surface area contributed by atoms with Crippen LogP contribution in [0.1, 0.15) is 137 Å². The lowest BCUT2D eigenvalue weighted by molar-refractivity contribution is -0.139. The molecule has 0 saturated carbocycles. The minimum atomic E-state index is -0.264. The van der Waals surface area contributed by atoms with Gasteiger partial charge in [0, 0.05) is 11.1 Å². The number of esters is 2. The third kappa shape index (κ3) is 28.5. The molecule has 4 nitrogen and oxygen atoms in total. The topological polar surface area (TPSA) is 52.6 Å². The first-order valence-corrected chi connectivity index (χ1v) is 13.9. The smallest absolute Gasteiger partial charge is 0.333 e. The Balaban J connectivity index is 0. The van der Waals surface area contributed by atoms with Gasteiger partial charge in [-0.05, 0) is 32.6 Å². The first-order chi connectivity index (χ1) is 16.2. The zero-order valence-corrected chi connectivity index (χ0v) is 23.4. The maximum absolute atomic E-state index is 11.1. The lowest BCUT2D eigenvalue weighted by Crippen LogP contribution is -2.05. The zero-order valence-electron chi connectivity index (χ0n) is 23.4. The molecule has 0 aromatic rings. The van der Waals surface area contributed by atoms with Crippen molar-refractivity contribution in [2.45, 2.75) is 137 Å². The van der Waals surface area contributed by atoms with E-state index in [0.29, 0.717) is 24.4 Å². The van der Waals surface area contributed by atoms with E-state index in [9.17, 15) is 9.59 Å². The van der Waals surface area contributed by atoms with E-state index in [2.05, 4.69) is 33.9 Å². The van der Waals surface area contributed by atoms with Gasteiger partial charge in [0.25, 0.3) is 0 Å². The molecule has 0 aliphatic heterocycles. The molecule has 0 amide bonds. The quantitative estimate of drug-likeness (QED) is 0.0933. The SMILES string of the molecule is C=C(C)C(=O)OCCCCCCCC(C)C.C=C(C)C(=O)OCCCCCCCCCCCC. The normalized spacial score (nSPS) is 10.4. The van der Waals surface area contributed by atoms with Gasteiger partial charge in [-0.25, -0.2) is 9.59 Å². The molecule has 0 rings (SSSR count). The van der Waals surface area contributed by atoms with Gasteiger partial charge in [-0.15, -0.1) is 0 Å². The Morgan fingerprint density at radius 2 is 0.912 bits per heavy atom. The molecule has 0 N–H and O–H groups in total. The summed E-state index contributed by atoms with van der Waals surface area (Å²) in [5.41, 5.74) is 0.971. The van der Waals surface area contributed by atoms with Gasteiger partial charge in [0.15, 0.2) is 0 Å². The van der Waals surface area contributed by atoms with Crippen LogP contribution in [-0.2, 0) is 19.1 Å². The van der Waals surface area contributed by atoms with Crippen LogP contribution in [0, 0.1) is 5.92 Å². The van der Waals surface area contributed by atoms with Gasteiger partial charge < -0.3 is 9.47 Å². The van der Waals surface area contributed by atoms with E-state index in [1.54, 1.807) is 13.8 Å². The number of carbonyl (C=O) groups excluding carboxylic acids is 2. The molecule has 0 aromatic heterocycles. The lowest BCUT2D eigenvalue weighted by Gasteiger charge is -2.05. The van der Waals surface area contributed by atoms with Crippen molar-refractivity contribution >= 4 is 11.9 Å². The number of hydrogen-bond acceptors (Lipinski definition) is 4. The number of ether oxygens (including phenoxy) is 2. The summed E-state index contributed by atoms with van der Waals surface area (Å²) in [5, 5.41) is 0. The molecule has 0 bridgehead atoms. The van der Waals surface area contributed by atoms with Crippen molar-refractivity contribution in [2.75, 3.05) is 13.2 Å². The monoisotopic (exact) mass is 480 g/mol. The Hall–Kier alpha value is -1.58. The minimum absolute atomic E-state index is 0.258. The van der Waals surface area contributed by atoms with Crippen molar-refractivity contribution in [1.29, 1.82) is 0 Å². The van der Waals surface area contributed by atoms with Crippen LogP contribution in [0.3, 0.4) is 0 Å². The number of rotatable bonds is 21. The summed E-state index contributed by atoms with van der Waals surface area (Å²) >= 11 is 0. The highest BCUT2D eigenvalue weighted by Crippen LogP contribution is 2.11. The molecule has 0 spiro atoms. The minimum Gasteiger partial charge on any atom is -0.462 e. The van der Waals surface area contributed by atoms with E-state index < -0.39 is 0 Å². The maximum atomic E-state index is 11.1. The molecule has 0 aromatic carbocycles. The predicted molar refractivity (Wildman–Crippen MR) is 146 cm³/mol. The maximum Gasteiger partial charge on any atom is 0.333 e. The van der Waals surface area contributed by atoms with Crippen LogP contribution in [0.25, 0.3) is 0 Å². The summed E-state index contributed by atoms with van der Waals surface area (Å²) in [6.07, 6.45) is 20.3. The number of unbranched alkanes of at least 4 members (excludes halogenated alkanes) is 13. The standard InChI is InChI=1S/C16H30O2.C14H26O2/c1-4-5-6-7-8-9-10-11-12-13-14-18-16(17)15(2)3;1-12(2)10-8-6-5-7-9-11-16-14(15)13(3)4/h2,4-14H2,1,3H3;12H,3,5-11H2,1-2,4H3. The summed E-state index contributed by atoms with van der Waals surface area (Å²) in [7, 11) is 0. The lowest BCUT2D eigenvalue weighted by atomic mass is 10.0. The largest absolute Gasteiger partial charge is 0.462 e. The summed E-state index contributed by atoms with van der Waals surface area (Å²) in [6, 6.07) is 0. The van der Waals surface area contributed by atoms with Crippen LogP contribution < -0.4 is 0 Å². The van der Waals surface area contributed by atoms with Crippen LogP contribution in [0.4, 0.5) is 0 Å². The first kappa shape index (κ1) is 34.6. The zero-order chi connectivity index (χ0) is 26.0. The first-order valence-electron chi connectivity index (χ1n) is 13.9. The Bertz CT molecular complexity index is 522. The van der Waals surface area contributed by atoms with Crippen molar-refractivity contribution in [2.24, 2.45) is 5.92 Å². The molecule has 4 heteroatoms. The van der Waals surface area contributed by atoms with Gasteiger partial charge in [-0.3, -0.25) is 0 Å². The highest BCUT2D eigenvalue weighted by Gasteiger charge is 2.02. The molecule has 0 aliphatic rings. The van der Waals surface area contributed by atoms with Gasteiger partial charge in [-0.1, -0.05) is 124 Å². The molecule has 0 unspecified atom stereocenters. The van der Waals surface area contributed by atoms with Gasteiger partial charge in [0.05, 0.1) is 13.2 Å². The highest BCUT2D eigenvalue weighted by molar-refractivity contribution is 5.87. The third-order valence-corrected chi connectivity index (χ3v) is 5.59. The molecule has 0 saturated heterocycles. The van der Waals surface area contributed by atoms with E-state index in [1.807, 2.05) is 0 Å². The van der Waals surface area contributed by atoms with Gasteiger partial charge in [-0.2, -0.15) is 0 Å². The van der Waals surface area contributed by atoms with Crippen molar-refractivity contribution in [3.63, 3.8) is 0 Å². The van der Waals surface area contributed by atoms with E-state index in [1.165, 1.54) is 83.5 Å². The Labute approximate surface area is 211 Å². The average Bonchev–Trinajstić information content (AvgIpc) is 2.78. The van der Waals surface area contributed by atoms with Crippen LogP contribution in [0.15, 0.2) is 24.3 Å². The predicted octanol–water partition coefficient (Wildman–Crippen LogP) is 9.13.